The van der Waals surface area contributed by atoms with Crippen molar-refractivity contribution in [3.05, 3.63) is 17.5 Å². The predicted molar refractivity (Wildman–Crippen MR) is 73.7 cm³/mol. The van der Waals surface area contributed by atoms with E-state index in [4.69, 9.17) is 0 Å². The van der Waals surface area contributed by atoms with Gasteiger partial charge in [-0.15, -0.1) is 0 Å². The summed E-state index contributed by atoms with van der Waals surface area (Å²) in [7, 11) is 0. The molecule has 0 atom stereocenters. The van der Waals surface area contributed by atoms with E-state index in [-0.39, 0.29) is 5.78 Å². The van der Waals surface area contributed by atoms with Crippen LogP contribution in [0, 0.1) is 0 Å². The van der Waals surface area contributed by atoms with Crippen molar-refractivity contribution < 1.29 is 4.79 Å². The highest BCUT2D eigenvalue weighted by atomic mass is 16.1. The van der Waals surface area contributed by atoms with Crippen molar-refractivity contribution in [2.75, 3.05) is 6.54 Å². The third-order valence-electron chi connectivity index (χ3n) is 3.23. The third kappa shape index (κ3) is 3.07. The van der Waals surface area contributed by atoms with E-state index < -0.39 is 0 Å². The van der Waals surface area contributed by atoms with Crippen molar-refractivity contribution in [2.24, 2.45) is 4.99 Å². The number of rotatable bonds is 7. The zero-order chi connectivity index (χ0) is 12.8. The highest BCUT2D eigenvalue weighted by Crippen LogP contribution is 2.27. The zero-order valence-electron chi connectivity index (χ0n) is 11.0. The van der Waals surface area contributed by atoms with Gasteiger partial charge in [-0.2, -0.15) is 0 Å². The number of hydrogen-bond acceptors (Lipinski definition) is 3. The number of nitrogens with one attached hydrogen (secondary N) is 2. The topological polar surface area (TPSA) is 57.2 Å². The summed E-state index contributed by atoms with van der Waals surface area (Å²) in [5, 5.41) is 3.41. The van der Waals surface area contributed by atoms with E-state index in [1.807, 2.05) is 6.20 Å². The van der Waals surface area contributed by atoms with Gasteiger partial charge in [0.05, 0.1) is 5.69 Å². The van der Waals surface area contributed by atoms with Crippen molar-refractivity contribution in [3.63, 3.8) is 0 Å². The molecule has 0 amide bonds. The fourth-order valence-electron chi connectivity index (χ4n) is 2.17. The van der Waals surface area contributed by atoms with Gasteiger partial charge >= 0.3 is 0 Å². The Morgan fingerprint density at radius 3 is 3.11 bits per heavy atom. The lowest BCUT2D eigenvalue weighted by molar-refractivity contribution is 0.0997. The summed E-state index contributed by atoms with van der Waals surface area (Å²) in [5.74, 6) is 0.134. The van der Waals surface area contributed by atoms with Crippen molar-refractivity contribution >= 4 is 17.7 Å². The van der Waals surface area contributed by atoms with Crippen LogP contribution < -0.4 is 5.32 Å². The number of aromatic nitrogens is 1. The number of hydrogen-bond donors (Lipinski definition) is 2. The average molecular weight is 247 g/mol. The van der Waals surface area contributed by atoms with Crippen molar-refractivity contribution in [3.8, 4) is 0 Å². The fourth-order valence-corrected chi connectivity index (χ4v) is 2.17. The van der Waals surface area contributed by atoms with Gasteiger partial charge < -0.3 is 10.3 Å². The number of fused-ring (bicyclic) bond motifs is 1. The smallest absolute Gasteiger partial charge is 0.186 e. The lowest BCUT2D eigenvalue weighted by atomic mass is 10.1. The van der Waals surface area contributed by atoms with Crippen LogP contribution in [0.4, 0.5) is 5.69 Å². The van der Waals surface area contributed by atoms with Gasteiger partial charge in [-0.1, -0.05) is 26.2 Å². The van der Waals surface area contributed by atoms with Gasteiger partial charge in [0, 0.05) is 30.9 Å². The van der Waals surface area contributed by atoms with Crippen molar-refractivity contribution in [1.82, 2.24) is 10.3 Å². The highest BCUT2D eigenvalue weighted by molar-refractivity contribution is 6.09. The van der Waals surface area contributed by atoms with E-state index in [9.17, 15) is 4.79 Å². The van der Waals surface area contributed by atoms with Crippen LogP contribution in [-0.2, 0) is 6.54 Å². The molecule has 0 saturated heterocycles. The van der Waals surface area contributed by atoms with E-state index >= 15 is 0 Å². The molecule has 2 N–H and O–H groups in total. The second-order valence-corrected chi connectivity index (χ2v) is 4.71. The van der Waals surface area contributed by atoms with Gasteiger partial charge in [-0.25, -0.2) is 0 Å². The second-order valence-electron chi connectivity index (χ2n) is 4.71. The molecule has 0 bridgehead atoms. The van der Waals surface area contributed by atoms with Crippen LogP contribution in [0.3, 0.4) is 0 Å². The molecule has 0 fully saturated rings. The molecular formula is C14H21N3O. The van der Waals surface area contributed by atoms with Gasteiger partial charge in [-0.05, 0) is 13.0 Å². The molecule has 1 aromatic rings. The van der Waals surface area contributed by atoms with Crippen LogP contribution in [0.5, 0.6) is 0 Å². The Hall–Kier alpha value is -1.42. The molecule has 18 heavy (non-hydrogen) atoms. The number of Topliss-reactive ketones (excluding diaryl/α,β-unsaturated/α-hetero) is 1. The minimum Gasteiger partial charge on any atom is -0.357 e. The first-order valence-corrected chi connectivity index (χ1v) is 6.79. The number of ketones is 1. The molecule has 1 aliphatic rings. The Balaban J connectivity index is 1.81. The number of unbranched alkanes of at least 4 members (excludes halogenated alkanes) is 3. The Labute approximate surface area is 108 Å². The summed E-state index contributed by atoms with van der Waals surface area (Å²) < 4.78 is 0. The monoisotopic (exact) mass is 247 g/mol. The first kappa shape index (κ1) is 13.0. The van der Waals surface area contributed by atoms with Crippen LogP contribution >= 0.6 is 0 Å². The molecule has 0 radical (unpaired) electrons. The van der Waals surface area contributed by atoms with Crippen LogP contribution in [0.25, 0.3) is 0 Å². The highest BCUT2D eigenvalue weighted by Gasteiger charge is 2.18. The number of carbonyl (C=O) groups is 1. The van der Waals surface area contributed by atoms with Gasteiger partial charge in [0.15, 0.2) is 5.78 Å². The quantitative estimate of drug-likeness (QED) is 0.728. The van der Waals surface area contributed by atoms with Crippen LogP contribution in [-0.4, -0.2) is 23.5 Å². The van der Waals surface area contributed by atoms with Crippen molar-refractivity contribution in [1.29, 1.82) is 0 Å². The fraction of sp³-hybridized carbons (Fsp3) is 0.571. The summed E-state index contributed by atoms with van der Waals surface area (Å²) in [6, 6.07) is 0. The molecular weight excluding hydrogens is 226 g/mol. The van der Waals surface area contributed by atoms with E-state index in [0.29, 0.717) is 12.1 Å². The molecule has 1 aliphatic heterocycles. The van der Waals surface area contributed by atoms with E-state index in [1.165, 1.54) is 25.7 Å². The molecule has 0 aromatic carbocycles. The lowest BCUT2D eigenvalue weighted by Crippen LogP contribution is -2.14. The summed E-state index contributed by atoms with van der Waals surface area (Å²) >= 11 is 0. The molecule has 2 heterocycles. The summed E-state index contributed by atoms with van der Waals surface area (Å²) in [6.07, 6.45) is 9.07. The molecule has 0 unspecified atom stereocenters. The molecule has 0 aliphatic carbocycles. The van der Waals surface area contributed by atoms with Crippen LogP contribution in [0.15, 0.2) is 11.2 Å². The number of aromatic amines is 1. The molecule has 2 rings (SSSR count). The third-order valence-corrected chi connectivity index (χ3v) is 3.23. The number of nitrogens with zero attached hydrogens (tertiary/aromatic N) is 1. The summed E-state index contributed by atoms with van der Waals surface area (Å²) in [4.78, 5) is 19.0. The maximum atomic E-state index is 11.6. The molecule has 98 valence electrons. The van der Waals surface area contributed by atoms with Crippen LogP contribution in [0.2, 0.25) is 0 Å². The van der Waals surface area contributed by atoms with E-state index in [1.54, 1.807) is 6.21 Å². The van der Waals surface area contributed by atoms with Crippen molar-refractivity contribution in [2.45, 2.75) is 45.6 Å². The molecule has 4 heteroatoms. The maximum Gasteiger partial charge on any atom is 0.186 e. The van der Waals surface area contributed by atoms with E-state index in [0.717, 1.165) is 24.3 Å². The Morgan fingerprint density at radius 1 is 1.39 bits per heavy atom. The maximum absolute atomic E-state index is 11.6. The molecule has 4 nitrogen and oxygen atoms in total. The Morgan fingerprint density at radius 2 is 2.28 bits per heavy atom. The van der Waals surface area contributed by atoms with Gasteiger partial charge in [0.25, 0.3) is 0 Å². The SMILES string of the molecule is CCCCCCNCc1c[nH]c2c1N=CCC2=O. The lowest BCUT2D eigenvalue weighted by Gasteiger charge is -2.07. The minimum absolute atomic E-state index is 0.134. The zero-order valence-corrected chi connectivity index (χ0v) is 11.0. The number of H-pyrrole nitrogens is 1. The normalized spacial score (nSPS) is 13.9. The summed E-state index contributed by atoms with van der Waals surface area (Å²) in [6.45, 7) is 4.02. The largest absolute Gasteiger partial charge is 0.357 e. The van der Waals surface area contributed by atoms with Gasteiger partial charge in [0.2, 0.25) is 0 Å². The predicted octanol–water partition coefficient (Wildman–Crippen LogP) is 2.97. The first-order valence-electron chi connectivity index (χ1n) is 6.79. The van der Waals surface area contributed by atoms with Gasteiger partial charge in [-0.3, -0.25) is 9.79 Å². The van der Waals surface area contributed by atoms with Crippen LogP contribution in [0.1, 0.15) is 55.1 Å². The Kier molecular flexibility index (Phi) is 4.70. The van der Waals surface area contributed by atoms with E-state index in [2.05, 4.69) is 22.2 Å². The van der Waals surface area contributed by atoms with Gasteiger partial charge in [0.1, 0.15) is 5.69 Å². The molecule has 0 spiro atoms. The Bertz CT molecular complexity index is 434. The molecule has 0 saturated carbocycles. The standard InChI is InChI=1S/C14H21N3O/c1-2-3-4-5-7-15-9-11-10-17-14-12(18)6-8-16-13(11)14/h8,10,15,17H,2-7,9H2,1H3. The average Bonchev–Trinajstić information content (AvgIpc) is 2.79. The second kappa shape index (κ2) is 6.50. The number of aliphatic imine (C=N–C) groups is 1. The summed E-state index contributed by atoms with van der Waals surface area (Å²) in [5.41, 5.74) is 2.58. The number of carbonyl (C=O) groups excluding carboxylic acids is 1. The first-order chi connectivity index (χ1) is 8.83. The minimum atomic E-state index is 0.134. The molecule has 1 aromatic heterocycles.